The Morgan fingerprint density at radius 2 is 2.29 bits per heavy atom. The molecule has 1 aliphatic carbocycles. The Balaban J connectivity index is 2.01. The minimum atomic E-state index is -0.986. The van der Waals surface area contributed by atoms with Gasteiger partial charge in [-0.3, -0.25) is 0 Å². The average Bonchev–Trinajstić information content (AvgIpc) is 2.12. The Morgan fingerprint density at radius 1 is 1.50 bits per heavy atom. The van der Waals surface area contributed by atoms with E-state index in [1.54, 1.807) is 12.3 Å². The van der Waals surface area contributed by atoms with E-state index in [0.29, 0.717) is 6.04 Å². The average molecular weight is 192 g/mol. The molecule has 1 aromatic rings. The van der Waals surface area contributed by atoms with Gasteiger partial charge >= 0.3 is 5.97 Å². The van der Waals surface area contributed by atoms with Gasteiger partial charge in [-0.15, -0.1) is 0 Å². The van der Waals surface area contributed by atoms with Gasteiger partial charge < -0.3 is 10.4 Å². The zero-order valence-corrected chi connectivity index (χ0v) is 7.73. The molecule has 0 atom stereocenters. The van der Waals surface area contributed by atoms with Crippen LogP contribution in [0.15, 0.2) is 18.3 Å². The van der Waals surface area contributed by atoms with Gasteiger partial charge in [0.05, 0.1) is 11.9 Å². The molecule has 1 heterocycles. The Hall–Kier alpha value is -1.58. The molecule has 1 saturated carbocycles. The Bertz CT molecular complexity index is 330. The first-order chi connectivity index (χ1) is 6.75. The lowest BCUT2D eigenvalue weighted by Crippen LogP contribution is -2.27. The van der Waals surface area contributed by atoms with E-state index >= 15 is 0 Å². The maximum absolute atomic E-state index is 10.5. The summed E-state index contributed by atoms with van der Waals surface area (Å²) in [6.45, 7) is 0. The molecular formula is C10H12N2O2. The van der Waals surface area contributed by atoms with Gasteiger partial charge in [0.25, 0.3) is 0 Å². The van der Waals surface area contributed by atoms with Gasteiger partial charge in [0, 0.05) is 6.04 Å². The summed E-state index contributed by atoms with van der Waals surface area (Å²) in [5, 5.41) is 11.9. The first-order valence-corrected chi connectivity index (χ1v) is 4.71. The SMILES string of the molecule is O=C(O)c1ccc(NC2CCC2)cn1. The van der Waals surface area contributed by atoms with Crippen molar-refractivity contribution in [3.63, 3.8) is 0 Å². The van der Waals surface area contributed by atoms with Crippen LogP contribution in [0.2, 0.25) is 0 Å². The van der Waals surface area contributed by atoms with Gasteiger partial charge in [-0.2, -0.15) is 0 Å². The van der Waals surface area contributed by atoms with Gasteiger partial charge in [0.15, 0.2) is 0 Å². The van der Waals surface area contributed by atoms with Crippen LogP contribution in [0.3, 0.4) is 0 Å². The number of pyridine rings is 1. The highest BCUT2D eigenvalue weighted by Crippen LogP contribution is 2.22. The maximum atomic E-state index is 10.5. The highest BCUT2D eigenvalue weighted by atomic mass is 16.4. The molecule has 0 aromatic carbocycles. The van der Waals surface area contributed by atoms with E-state index in [0.717, 1.165) is 5.69 Å². The minimum Gasteiger partial charge on any atom is -0.477 e. The third-order valence-electron chi connectivity index (χ3n) is 2.46. The summed E-state index contributed by atoms with van der Waals surface area (Å²) in [5.41, 5.74) is 0.990. The fraction of sp³-hybridized carbons (Fsp3) is 0.400. The number of rotatable bonds is 3. The number of carbonyl (C=O) groups is 1. The Morgan fingerprint density at radius 3 is 2.71 bits per heavy atom. The Labute approximate surface area is 82.0 Å². The van der Waals surface area contributed by atoms with Crippen LogP contribution in [-0.4, -0.2) is 22.1 Å². The number of hydrogen-bond acceptors (Lipinski definition) is 3. The van der Waals surface area contributed by atoms with Crippen LogP contribution in [0.1, 0.15) is 29.8 Å². The zero-order valence-electron chi connectivity index (χ0n) is 7.73. The highest BCUT2D eigenvalue weighted by Gasteiger charge is 2.16. The molecule has 1 aromatic heterocycles. The number of aromatic nitrogens is 1. The van der Waals surface area contributed by atoms with Crippen LogP contribution in [0.25, 0.3) is 0 Å². The molecule has 14 heavy (non-hydrogen) atoms. The summed E-state index contributed by atoms with van der Waals surface area (Å²) in [4.78, 5) is 14.3. The fourth-order valence-corrected chi connectivity index (χ4v) is 1.39. The number of carboxylic acids is 1. The molecule has 4 heteroatoms. The molecule has 0 aliphatic heterocycles. The van der Waals surface area contributed by atoms with E-state index in [1.807, 2.05) is 0 Å². The van der Waals surface area contributed by atoms with E-state index < -0.39 is 5.97 Å². The van der Waals surface area contributed by atoms with Gasteiger partial charge in [-0.05, 0) is 31.4 Å². The minimum absolute atomic E-state index is 0.0872. The second-order valence-electron chi connectivity index (χ2n) is 3.51. The van der Waals surface area contributed by atoms with E-state index in [9.17, 15) is 4.79 Å². The summed E-state index contributed by atoms with van der Waals surface area (Å²) in [5.74, 6) is -0.986. The molecule has 2 N–H and O–H groups in total. The van der Waals surface area contributed by atoms with Crippen molar-refractivity contribution >= 4 is 11.7 Å². The lowest BCUT2D eigenvalue weighted by atomic mass is 9.93. The molecule has 1 fully saturated rings. The number of hydrogen-bond donors (Lipinski definition) is 2. The lowest BCUT2D eigenvalue weighted by molar-refractivity contribution is 0.0690. The van der Waals surface area contributed by atoms with Crippen molar-refractivity contribution in [1.29, 1.82) is 0 Å². The van der Waals surface area contributed by atoms with Crippen molar-refractivity contribution < 1.29 is 9.90 Å². The van der Waals surface area contributed by atoms with Crippen molar-refractivity contribution in [3.05, 3.63) is 24.0 Å². The molecule has 0 saturated heterocycles. The summed E-state index contributed by atoms with van der Waals surface area (Å²) in [6.07, 6.45) is 5.24. The van der Waals surface area contributed by atoms with E-state index in [1.165, 1.54) is 25.3 Å². The number of anilines is 1. The van der Waals surface area contributed by atoms with Crippen molar-refractivity contribution in [1.82, 2.24) is 4.98 Å². The van der Waals surface area contributed by atoms with Gasteiger partial charge in [-0.1, -0.05) is 0 Å². The van der Waals surface area contributed by atoms with Gasteiger partial charge in [0.1, 0.15) is 5.69 Å². The van der Waals surface area contributed by atoms with Crippen molar-refractivity contribution in [2.45, 2.75) is 25.3 Å². The topological polar surface area (TPSA) is 62.2 Å². The van der Waals surface area contributed by atoms with Crippen molar-refractivity contribution in [3.8, 4) is 0 Å². The van der Waals surface area contributed by atoms with E-state index in [2.05, 4.69) is 10.3 Å². The molecule has 0 amide bonds. The zero-order chi connectivity index (χ0) is 9.97. The Kier molecular flexibility index (Phi) is 2.35. The third-order valence-corrected chi connectivity index (χ3v) is 2.46. The smallest absolute Gasteiger partial charge is 0.354 e. The predicted octanol–water partition coefficient (Wildman–Crippen LogP) is 1.74. The van der Waals surface area contributed by atoms with Crippen LogP contribution in [0.5, 0.6) is 0 Å². The van der Waals surface area contributed by atoms with Crippen molar-refractivity contribution in [2.24, 2.45) is 0 Å². The normalized spacial score (nSPS) is 16.0. The van der Waals surface area contributed by atoms with Gasteiger partial charge in [0.2, 0.25) is 0 Å². The quantitative estimate of drug-likeness (QED) is 0.765. The summed E-state index contributed by atoms with van der Waals surface area (Å²) in [6, 6.07) is 3.82. The monoisotopic (exact) mass is 192 g/mol. The van der Waals surface area contributed by atoms with E-state index in [4.69, 9.17) is 5.11 Å². The summed E-state index contributed by atoms with van der Waals surface area (Å²) < 4.78 is 0. The first-order valence-electron chi connectivity index (χ1n) is 4.71. The van der Waals surface area contributed by atoms with Crippen molar-refractivity contribution in [2.75, 3.05) is 5.32 Å². The van der Waals surface area contributed by atoms with Crippen LogP contribution in [0, 0.1) is 0 Å². The number of nitrogens with zero attached hydrogens (tertiary/aromatic N) is 1. The maximum Gasteiger partial charge on any atom is 0.354 e. The number of carboxylic acid groups (broad SMARTS) is 1. The largest absolute Gasteiger partial charge is 0.477 e. The second kappa shape index (κ2) is 3.65. The number of nitrogens with one attached hydrogen (secondary N) is 1. The van der Waals surface area contributed by atoms with Gasteiger partial charge in [-0.25, -0.2) is 9.78 Å². The van der Waals surface area contributed by atoms with E-state index in [-0.39, 0.29) is 5.69 Å². The summed E-state index contributed by atoms with van der Waals surface area (Å²) in [7, 11) is 0. The molecule has 0 spiro atoms. The van der Waals surface area contributed by atoms with Crippen LogP contribution in [0.4, 0.5) is 5.69 Å². The van der Waals surface area contributed by atoms with Crippen LogP contribution < -0.4 is 5.32 Å². The predicted molar refractivity (Wildman–Crippen MR) is 52.5 cm³/mol. The molecule has 0 radical (unpaired) electrons. The molecule has 0 unspecified atom stereocenters. The third kappa shape index (κ3) is 1.84. The molecule has 1 aliphatic rings. The second-order valence-corrected chi connectivity index (χ2v) is 3.51. The molecule has 2 rings (SSSR count). The number of aromatic carboxylic acids is 1. The van der Waals surface area contributed by atoms with Crippen LogP contribution in [-0.2, 0) is 0 Å². The first kappa shape index (κ1) is 8.99. The van der Waals surface area contributed by atoms with Crippen LogP contribution >= 0.6 is 0 Å². The fourth-order valence-electron chi connectivity index (χ4n) is 1.39. The standard InChI is InChI=1S/C10H12N2O2/c13-10(14)9-5-4-8(6-11-9)12-7-2-1-3-7/h4-7,12H,1-3H2,(H,13,14). The lowest BCUT2D eigenvalue weighted by Gasteiger charge is -2.27. The molecule has 74 valence electrons. The molecule has 4 nitrogen and oxygen atoms in total. The summed E-state index contributed by atoms with van der Waals surface area (Å²) >= 11 is 0. The molecule has 0 bridgehead atoms. The highest BCUT2D eigenvalue weighted by molar-refractivity contribution is 5.85. The molecular weight excluding hydrogens is 180 g/mol.